The van der Waals surface area contributed by atoms with Gasteiger partial charge in [0.25, 0.3) is 0 Å². The molecule has 3 fully saturated rings. The molecule has 3 saturated heterocycles. The van der Waals surface area contributed by atoms with E-state index in [0.29, 0.717) is 6.42 Å². The van der Waals surface area contributed by atoms with Crippen LogP contribution in [0.3, 0.4) is 0 Å². The molecule has 2 bridgehead atoms. The number of carbonyl (C=O) groups is 2. The number of hydrogen-bond acceptors (Lipinski definition) is 13. The fourth-order valence-corrected chi connectivity index (χ4v) is 6.00. The molecule has 47 heavy (non-hydrogen) atoms. The van der Waals surface area contributed by atoms with Crippen LogP contribution in [0.5, 0.6) is 0 Å². The van der Waals surface area contributed by atoms with E-state index < -0.39 is 97.3 Å². The highest BCUT2D eigenvalue weighted by Gasteiger charge is 2.51. The Balaban J connectivity index is 1.58. The number of epoxide rings is 1. The summed E-state index contributed by atoms with van der Waals surface area (Å²) in [6.45, 7) is 3.34. The van der Waals surface area contributed by atoms with Crippen LogP contribution in [0.15, 0.2) is 60.8 Å². The van der Waals surface area contributed by atoms with Gasteiger partial charge in [0.15, 0.2) is 12.1 Å². The lowest BCUT2D eigenvalue weighted by atomic mass is 9.83. The summed E-state index contributed by atoms with van der Waals surface area (Å²) in [6.07, 6.45) is 5.25. The number of carbonyl (C=O) groups excluding carboxylic acids is 1. The van der Waals surface area contributed by atoms with E-state index >= 15 is 0 Å². The molecular weight excluding hydrogens is 618 g/mol. The number of aliphatic hydroxyl groups is 5. The average Bonchev–Trinajstić information content (AvgIpc) is 3.72. The van der Waals surface area contributed by atoms with Crippen molar-refractivity contribution in [3.8, 4) is 0 Å². The van der Waals surface area contributed by atoms with Crippen LogP contribution < -0.4 is 5.73 Å². The zero-order chi connectivity index (χ0) is 34.3. The number of esters is 1. The molecule has 14 atom stereocenters. The van der Waals surface area contributed by atoms with E-state index in [1.165, 1.54) is 12.2 Å². The van der Waals surface area contributed by atoms with Gasteiger partial charge >= 0.3 is 11.9 Å². The van der Waals surface area contributed by atoms with Crippen molar-refractivity contribution in [2.75, 3.05) is 0 Å². The van der Waals surface area contributed by atoms with Crippen molar-refractivity contribution in [2.45, 2.75) is 125 Å². The molecule has 0 aliphatic carbocycles. The number of nitrogens with two attached hydrogens (primary N) is 1. The minimum atomic E-state index is -2.10. The fourth-order valence-electron chi connectivity index (χ4n) is 6.00. The van der Waals surface area contributed by atoms with E-state index in [9.17, 15) is 40.2 Å². The number of allylic oxidation sites excluding steroid dienone is 6. The van der Waals surface area contributed by atoms with Crippen molar-refractivity contribution in [1.82, 2.24) is 0 Å². The molecule has 0 spiro atoms. The van der Waals surface area contributed by atoms with Gasteiger partial charge in [0.2, 0.25) is 0 Å². The SMILES string of the molecule is C[C@@H]1O[C@H](O[C@@H]2C=C\C=C/C=C\C=C/C[C@H](C)OC(=O)/C=C\[C@H]3O[C@@H]3C[C@H](O)C[C@]3(O)C[C@@H](O)[C@@H](C(=O)O)[C@H](C2)O3)[C@@H](O)[C@H](N)[C@@H]1O. The van der Waals surface area contributed by atoms with E-state index in [1.807, 2.05) is 6.08 Å². The zero-order valence-corrected chi connectivity index (χ0v) is 26.4. The quantitative estimate of drug-likeness (QED) is 0.157. The van der Waals surface area contributed by atoms with Crippen LogP contribution in [0.4, 0.5) is 0 Å². The van der Waals surface area contributed by atoms with Gasteiger partial charge in [0, 0.05) is 38.2 Å². The number of ether oxygens (including phenoxy) is 5. The van der Waals surface area contributed by atoms with Gasteiger partial charge in [-0.05, 0) is 19.9 Å². The summed E-state index contributed by atoms with van der Waals surface area (Å²) in [4.78, 5) is 24.4. The van der Waals surface area contributed by atoms with Crippen molar-refractivity contribution in [3.05, 3.63) is 60.8 Å². The predicted octanol–water partition coefficient (Wildman–Crippen LogP) is 0.120. The maximum absolute atomic E-state index is 12.3. The smallest absolute Gasteiger partial charge is 0.330 e. The van der Waals surface area contributed by atoms with E-state index in [1.54, 1.807) is 56.4 Å². The Morgan fingerprint density at radius 2 is 1.64 bits per heavy atom. The first kappa shape index (κ1) is 37.1. The first-order valence-electron chi connectivity index (χ1n) is 15.9. The average molecular weight is 666 g/mol. The molecule has 4 rings (SSSR count). The van der Waals surface area contributed by atoms with E-state index in [2.05, 4.69) is 0 Å². The fraction of sp³-hybridized carbons (Fsp3) is 0.636. The number of aliphatic hydroxyl groups excluding tert-OH is 4. The Morgan fingerprint density at radius 1 is 0.936 bits per heavy atom. The van der Waals surface area contributed by atoms with Gasteiger partial charge in [-0.2, -0.15) is 0 Å². The molecule has 0 amide bonds. The Morgan fingerprint density at radius 3 is 2.36 bits per heavy atom. The molecule has 4 heterocycles. The monoisotopic (exact) mass is 665 g/mol. The molecule has 4 aliphatic rings. The van der Waals surface area contributed by atoms with Crippen molar-refractivity contribution in [1.29, 1.82) is 0 Å². The van der Waals surface area contributed by atoms with Gasteiger partial charge in [-0.3, -0.25) is 4.79 Å². The third-order valence-corrected chi connectivity index (χ3v) is 8.58. The molecule has 0 saturated carbocycles. The molecule has 0 aromatic rings. The van der Waals surface area contributed by atoms with Gasteiger partial charge in [-0.25, -0.2) is 4.79 Å². The minimum Gasteiger partial charge on any atom is -0.481 e. The normalized spacial score (nSPS) is 46.6. The molecule has 14 heteroatoms. The van der Waals surface area contributed by atoms with Crippen molar-refractivity contribution in [2.24, 2.45) is 11.7 Å². The van der Waals surface area contributed by atoms with Crippen LogP contribution in [-0.2, 0) is 33.3 Å². The van der Waals surface area contributed by atoms with Crippen molar-refractivity contribution >= 4 is 11.9 Å². The Bertz CT molecular complexity index is 1220. The van der Waals surface area contributed by atoms with Crippen molar-refractivity contribution in [3.63, 3.8) is 0 Å². The van der Waals surface area contributed by atoms with Crippen LogP contribution in [-0.4, -0.2) is 122 Å². The molecule has 4 aliphatic heterocycles. The van der Waals surface area contributed by atoms with Crippen LogP contribution in [0.1, 0.15) is 46.0 Å². The summed E-state index contributed by atoms with van der Waals surface area (Å²) < 4.78 is 28.5. The number of hydrogen-bond donors (Lipinski definition) is 7. The highest BCUT2D eigenvalue weighted by atomic mass is 16.7. The second-order valence-corrected chi connectivity index (χ2v) is 12.6. The summed E-state index contributed by atoms with van der Waals surface area (Å²) in [5, 5.41) is 63.9. The van der Waals surface area contributed by atoms with Gasteiger partial charge in [0.1, 0.15) is 24.2 Å². The summed E-state index contributed by atoms with van der Waals surface area (Å²) in [7, 11) is 0. The Labute approximate surface area is 273 Å². The van der Waals surface area contributed by atoms with Crippen LogP contribution in [0, 0.1) is 5.92 Å². The summed E-state index contributed by atoms with van der Waals surface area (Å²) in [5.41, 5.74) is 5.98. The number of rotatable bonds is 3. The second-order valence-electron chi connectivity index (χ2n) is 12.6. The topological polar surface area (TPSA) is 231 Å². The molecule has 14 nitrogen and oxygen atoms in total. The molecule has 0 unspecified atom stereocenters. The third kappa shape index (κ3) is 10.6. The van der Waals surface area contributed by atoms with Crippen molar-refractivity contribution < 1.29 is 63.9 Å². The lowest BCUT2D eigenvalue weighted by molar-refractivity contribution is -0.308. The largest absolute Gasteiger partial charge is 0.481 e. The lowest BCUT2D eigenvalue weighted by Crippen LogP contribution is -2.61. The number of aliphatic carboxylic acids is 1. The lowest BCUT2D eigenvalue weighted by Gasteiger charge is -2.45. The number of carboxylic acid groups (broad SMARTS) is 1. The Hall–Kier alpha value is -2.76. The highest BCUT2D eigenvalue weighted by molar-refractivity contribution is 5.82. The first-order valence-corrected chi connectivity index (χ1v) is 15.9. The molecule has 0 aromatic heterocycles. The van der Waals surface area contributed by atoms with Gasteiger partial charge < -0.3 is 60.1 Å². The van der Waals surface area contributed by atoms with E-state index in [-0.39, 0.29) is 25.4 Å². The first-order chi connectivity index (χ1) is 22.3. The van der Waals surface area contributed by atoms with Crippen LogP contribution in [0.2, 0.25) is 0 Å². The number of carboxylic acids is 1. The highest BCUT2D eigenvalue weighted by Crippen LogP contribution is 2.39. The van der Waals surface area contributed by atoms with E-state index in [4.69, 9.17) is 29.4 Å². The third-order valence-electron chi connectivity index (χ3n) is 8.58. The van der Waals surface area contributed by atoms with E-state index in [0.717, 1.165) is 0 Å². The van der Waals surface area contributed by atoms with Gasteiger partial charge in [0.05, 0.1) is 48.8 Å². The standard InChI is InChI=1S/C33H47NO13/c1-18-10-8-6-4-3-5-7-9-11-21(45-32-30(39)28(34)29(38)19(2)44-32)15-25-27(31(40)41)22(36)17-33(42,47-25)16-20(35)14-24-23(46-24)12-13-26(37)43-18/h3-9,11-13,18-25,27-30,32,35-36,38-39,42H,10,14-17,34H2,1-2H3,(H,40,41)/b4-3-,7-5-,8-6-,11-9?,13-12-/t18-,19-,20-,21+,22+,23+,24+,25-,27+,28+,29+,30-,32+,33+/m0/s1. The predicted molar refractivity (Wildman–Crippen MR) is 165 cm³/mol. The Kier molecular flexibility index (Phi) is 13.1. The maximum Gasteiger partial charge on any atom is 0.330 e. The molecule has 262 valence electrons. The van der Waals surface area contributed by atoms with Gasteiger partial charge in [-0.1, -0.05) is 48.6 Å². The second kappa shape index (κ2) is 16.6. The molecular formula is C33H47NO13. The maximum atomic E-state index is 12.3. The molecule has 8 N–H and O–H groups in total. The molecule has 0 radical (unpaired) electrons. The number of fused-ring (bicyclic) bond motifs is 3. The minimum absolute atomic E-state index is 0.0789. The zero-order valence-electron chi connectivity index (χ0n) is 26.4. The van der Waals surface area contributed by atoms with Gasteiger partial charge in [-0.15, -0.1) is 0 Å². The van der Waals surface area contributed by atoms with Crippen LogP contribution >= 0.6 is 0 Å². The summed E-state index contributed by atoms with van der Waals surface area (Å²) >= 11 is 0. The molecule has 0 aromatic carbocycles. The van der Waals surface area contributed by atoms with Crippen LogP contribution in [0.25, 0.3) is 0 Å². The summed E-state index contributed by atoms with van der Waals surface area (Å²) in [6, 6.07) is -1.08. The summed E-state index contributed by atoms with van der Waals surface area (Å²) in [5.74, 6) is -5.45. The number of cyclic esters (lactones) is 1.